The molecule has 0 radical (unpaired) electrons. The van der Waals surface area contributed by atoms with Gasteiger partial charge in [-0.2, -0.15) is 0 Å². The molecule has 0 aromatic heterocycles. The molecule has 0 aliphatic rings. The number of hydrogen-bond donors (Lipinski definition) is 0. The van der Waals surface area contributed by atoms with E-state index in [1.807, 2.05) is 91.0 Å². The molecule has 0 heterocycles. The van der Waals surface area contributed by atoms with Crippen LogP contribution in [0.1, 0.15) is 0 Å². The maximum absolute atomic E-state index is 13.8. The molecule has 0 fully saturated rings. The molecule has 3 rings (SSSR count). The first kappa shape index (κ1) is 25.3. The molecule has 0 saturated carbocycles. The summed E-state index contributed by atoms with van der Waals surface area (Å²) in [4.78, 5) is 0. The van der Waals surface area contributed by atoms with E-state index in [4.69, 9.17) is 0 Å². The van der Waals surface area contributed by atoms with Gasteiger partial charge >= 0.3 is 0 Å². The lowest BCUT2D eigenvalue weighted by molar-refractivity contribution is 0.592. The fourth-order valence-electron chi connectivity index (χ4n) is 2.36. The van der Waals surface area contributed by atoms with E-state index in [-0.39, 0.29) is 49.6 Å². The Kier molecular flexibility index (Phi) is 12.2. The van der Waals surface area contributed by atoms with Crippen molar-refractivity contribution in [3.05, 3.63) is 91.0 Å². The van der Waals surface area contributed by atoms with Crippen LogP contribution in [-0.4, -0.2) is 0 Å². The lowest BCUT2D eigenvalue weighted by Gasteiger charge is -2.19. The lowest BCUT2D eigenvalue weighted by Crippen LogP contribution is -2.24. The highest BCUT2D eigenvalue weighted by Gasteiger charge is 2.28. The van der Waals surface area contributed by atoms with Crippen LogP contribution in [0.15, 0.2) is 91.0 Å². The number of benzene rings is 3. The van der Waals surface area contributed by atoms with E-state index < -0.39 is 7.14 Å². The standard InChI is InChI=1S/C18H15OP.4ClH/c19-20(16-10-4-1-5-11-16,17-12-6-2-7-13-17)18-14-8-3-9-15-18;;;;/h1-15H;4*1H. The lowest BCUT2D eigenvalue weighted by atomic mass is 10.4. The van der Waals surface area contributed by atoms with Crippen molar-refractivity contribution in [1.82, 2.24) is 0 Å². The molecule has 1 nitrogen and oxygen atoms in total. The highest BCUT2D eigenvalue weighted by molar-refractivity contribution is 7.85. The zero-order chi connectivity index (χ0) is 13.8. The fraction of sp³-hybridized carbons (Fsp3) is 0. The Morgan fingerprint density at radius 3 is 0.833 bits per heavy atom. The van der Waals surface area contributed by atoms with E-state index in [0.717, 1.165) is 15.9 Å². The first-order chi connectivity index (χ1) is 9.82. The van der Waals surface area contributed by atoms with Gasteiger partial charge in [0.15, 0.2) is 7.14 Å². The van der Waals surface area contributed by atoms with Gasteiger partial charge in [0, 0.05) is 15.9 Å². The first-order valence-electron chi connectivity index (χ1n) is 6.59. The van der Waals surface area contributed by atoms with Crippen molar-refractivity contribution in [3.63, 3.8) is 0 Å². The molecule has 0 N–H and O–H groups in total. The Balaban J connectivity index is 0. The molecule has 0 bridgehead atoms. The summed E-state index contributed by atoms with van der Waals surface area (Å²) in [6, 6.07) is 29.1. The normalized spacial score (nSPS) is 9.33. The minimum atomic E-state index is -2.78. The van der Waals surface area contributed by atoms with Gasteiger partial charge in [0.2, 0.25) is 0 Å². The summed E-state index contributed by atoms with van der Waals surface area (Å²) in [7, 11) is -2.78. The van der Waals surface area contributed by atoms with Gasteiger partial charge in [0.1, 0.15) is 0 Å². The van der Waals surface area contributed by atoms with Crippen molar-refractivity contribution in [2.75, 3.05) is 0 Å². The Morgan fingerprint density at radius 2 is 0.625 bits per heavy atom. The average molecular weight is 424 g/mol. The van der Waals surface area contributed by atoms with Gasteiger partial charge in [0.25, 0.3) is 0 Å². The van der Waals surface area contributed by atoms with Crippen LogP contribution in [0.25, 0.3) is 0 Å². The number of hydrogen-bond acceptors (Lipinski definition) is 1. The highest BCUT2D eigenvalue weighted by Crippen LogP contribution is 2.41. The minimum absolute atomic E-state index is 0. The molecule has 0 spiro atoms. The second-order valence-electron chi connectivity index (χ2n) is 4.62. The predicted molar refractivity (Wildman–Crippen MR) is 115 cm³/mol. The molecule has 0 amide bonds. The Morgan fingerprint density at radius 1 is 0.417 bits per heavy atom. The van der Waals surface area contributed by atoms with Gasteiger partial charge in [-0.1, -0.05) is 91.0 Å². The van der Waals surface area contributed by atoms with E-state index in [0.29, 0.717) is 0 Å². The molecule has 24 heavy (non-hydrogen) atoms. The zero-order valence-corrected chi connectivity index (χ0v) is 16.8. The fourth-order valence-corrected chi connectivity index (χ4v) is 5.03. The smallest absolute Gasteiger partial charge is 0.171 e. The van der Waals surface area contributed by atoms with Crippen molar-refractivity contribution in [1.29, 1.82) is 0 Å². The summed E-state index contributed by atoms with van der Waals surface area (Å²) >= 11 is 0. The largest absolute Gasteiger partial charge is 0.309 e. The second kappa shape index (κ2) is 11.6. The molecule has 6 heteroatoms. The SMILES string of the molecule is Cl.Cl.Cl.Cl.O=P(c1ccccc1)(c1ccccc1)c1ccccc1. The van der Waals surface area contributed by atoms with Crippen LogP contribution >= 0.6 is 56.8 Å². The third-order valence-electron chi connectivity index (χ3n) is 3.36. The van der Waals surface area contributed by atoms with Crippen LogP contribution in [0.5, 0.6) is 0 Å². The van der Waals surface area contributed by atoms with E-state index in [1.54, 1.807) is 0 Å². The number of halogens is 4. The van der Waals surface area contributed by atoms with Gasteiger partial charge in [-0.05, 0) is 0 Å². The number of rotatable bonds is 3. The van der Waals surface area contributed by atoms with Crippen LogP contribution in [0, 0.1) is 0 Å². The zero-order valence-electron chi connectivity index (χ0n) is 12.6. The maximum atomic E-state index is 13.8. The van der Waals surface area contributed by atoms with E-state index >= 15 is 0 Å². The van der Waals surface area contributed by atoms with E-state index in [9.17, 15) is 4.57 Å². The Hall–Kier alpha value is -0.950. The third kappa shape index (κ3) is 5.02. The van der Waals surface area contributed by atoms with Crippen LogP contribution < -0.4 is 15.9 Å². The van der Waals surface area contributed by atoms with Crippen molar-refractivity contribution in [2.45, 2.75) is 0 Å². The summed E-state index contributed by atoms with van der Waals surface area (Å²) in [5, 5.41) is 2.62. The summed E-state index contributed by atoms with van der Waals surface area (Å²) in [5.41, 5.74) is 0. The van der Waals surface area contributed by atoms with E-state index in [2.05, 4.69) is 0 Å². The molecule has 3 aromatic rings. The Bertz CT molecular complexity index is 633. The Labute approximate surface area is 167 Å². The topological polar surface area (TPSA) is 17.1 Å². The van der Waals surface area contributed by atoms with Gasteiger partial charge in [-0.25, -0.2) is 0 Å². The van der Waals surface area contributed by atoms with Crippen LogP contribution in [0.3, 0.4) is 0 Å². The summed E-state index contributed by atoms with van der Waals surface area (Å²) in [6.07, 6.45) is 0. The van der Waals surface area contributed by atoms with E-state index in [1.165, 1.54) is 0 Å². The molecule has 0 unspecified atom stereocenters. The van der Waals surface area contributed by atoms with Crippen molar-refractivity contribution < 1.29 is 4.57 Å². The summed E-state index contributed by atoms with van der Waals surface area (Å²) in [6.45, 7) is 0. The van der Waals surface area contributed by atoms with Gasteiger partial charge in [0.05, 0.1) is 0 Å². The summed E-state index contributed by atoms with van der Waals surface area (Å²) in [5.74, 6) is 0. The second-order valence-corrected chi connectivity index (χ2v) is 7.38. The third-order valence-corrected chi connectivity index (χ3v) is 6.44. The summed E-state index contributed by atoms with van der Waals surface area (Å²) < 4.78 is 13.8. The molecule has 0 aliphatic heterocycles. The highest BCUT2D eigenvalue weighted by atomic mass is 35.5. The van der Waals surface area contributed by atoms with Crippen LogP contribution in [-0.2, 0) is 4.57 Å². The molecule has 0 atom stereocenters. The van der Waals surface area contributed by atoms with Crippen molar-refractivity contribution in [2.24, 2.45) is 0 Å². The molecular formula is C18H19Cl4OP. The van der Waals surface area contributed by atoms with Crippen molar-refractivity contribution in [3.8, 4) is 0 Å². The molecule has 130 valence electrons. The van der Waals surface area contributed by atoms with Crippen LogP contribution in [0.4, 0.5) is 0 Å². The monoisotopic (exact) mass is 422 g/mol. The molecule has 0 saturated heterocycles. The molecule has 0 aliphatic carbocycles. The van der Waals surface area contributed by atoms with Gasteiger partial charge < -0.3 is 4.57 Å². The predicted octanol–water partition coefficient (Wildman–Crippen LogP) is 5.01. The first-order valence-corrected chi connectivity index (χ1v) is 8.29. The molecule has 3 aromatic carbocycles. The average Bonchev–Trinajstić information content (AvgIpc) is 2.56. The van der Waals surface area contributed by atoms with Crippen molar-refractivity contribution >= 4 is 72.7 Å². The minimum Gasteiger partial charge on any atom is -0.309 e. The van der Waals surface area contributed by atoms with Crippen LogP contribution in [0.2, 0.25) is 0 Å². The maximum Gasteiger partial charge on any atom is 0.171 e. The quantitative estimate of drug-likeness (QED) is 0.541. The molecular weight excluding hydrogens is 405 g/mol. The van der Waals surface area contributed by atoms with Gasteiger partial charge in [-0.3, -0.25) is 0 Å². The van der Waals surface area contributed by atoms with Gasteiger partial charge in [-0.15, -0.1) is 49.6 Å².